The van der Waals surface area contributed by atoms with Gasteiger partial charge in [0, 0.05) is 29.4 Å². The Morgan fingerprint density at radius 3 is 2.48 bits per heavy atom. The highest BCUT2D eigenvalue weighted by Gasteiger charge is 2.22. The predicted molar refractivity (Wildman–Crippen MR) is 100 cm³/mol. The normalized spacial score (nSPS) is 13.3. The van der Waals surface area contributed by atoms with Crippen LogP contribution < -0.4 is 15.4 Å². The third kappa shape index (κ3) is 3.88. The van der Waals surface area contributed by atoms with Gasteiger partial charge in [-0.15, -0.1) is 0 Å². The second-order valence-electron chi connectivity index (χ2n) is 6.10. The summed E-state index contributed by atoms with van der Waals surface area (Å²) in [5.41, 5.74) is 1.92. The van der Waals surface area contributed by atoms with E-state index in [1.54, 1.807) is 7.11 Å². The van der Waals surface area contributed by atoms with Crippen LogP contribution in [0.2, 0.25) is 0 Å². The van der Waals surface area contributed by atoms with Gasteiger partial charge in [0.15, 0.2) is 5.82 Å². The Labute approximate surface area is 147 Å². The minimum absolute atomic E-state index is 0.531. The van der Waals surface area contributed by atoms with Crippen molar-refractivity contribution in [3.05, 3.63) is 60.7 Å². The monoisotopic (exact) mass is 332 g/mol. The van der Waals surface area contributed by atoms with E-state index < -0.39 is 0 Å². The smallest absolute Gasteiger partial charge is 0.163 e. The molecule has 5 heteroatoms. The molecule has 0 atom stereocenters. The van der Waals surface area contributed by atoms with Crippen molar-refractivity contribution in [3.63, 3.8) is 0 Å². The van der Waals surface area contributed by atoms with Gasteiger partial charge in [-0.25, -0.2) is 9.97 Å². The minimum atomic E-state index is 0.531. The summed E-state index contributed by atoms with van der Waals surface area (Å²) in [6, 6.07) is 20.3. The van der Waals surface area contributed by atoms with Crippen molar-refractivity contribution in [2.24, 2.45) is 0 Å². The van der Waals surface area contributed by atoms with Crippen molar-refractivity contribution >= 4 is 17.3 Å². The summed E-state index contributed by atoms with van der Waals surface area (Å²) in [7, 11) is 1.66. The van der Waals surface area contributed by atoms with E-state index in [-0.39, 0.29) is 0 Å². The fourth-order valence-corrected chi connectivity index (χ4v) is 2.59. The van der Waals surface area contributed by atoms with Gasteiger partial charge in [0.25, 0.3) is 0 Å². The summed E-state index contributed by atoms with van der Waals surface area (Å²) < 4.78 is 5.29. The summed E-state index contributed by atoms with van der Waals surface area (Å²) in [6.07, 6.45) is 2.40. The number of nitrogens with one attached hydrogen (secondary N) is 2. The van der Waals surface area contributed by atoms with Crippen molar-refractivity contribution in [2.75, 3.05) is 17.7 Å². The Balaban J connectivity index is 1.67. The molecule has 1 fully saturated rings. The Kier molecular flexibility index (Phi) is 4.21. The van der Waals surface area contributed by atoms with Gasteiger partial charge in [-0.2, -0.15) is 0 Å². The van der Waals surface area contributed by atoms with Crippen LogP contribution in [0.15, 0.2) is 60.7 Å². The summed E-state index contributed by atoms with van der Waals surface area (Å²) in [6.45, 7) is 0. The van der Waals surface area contributed by atoms with E-state index in [1.807, 2.05) is 60.7 Å². The van der Waals surface area contributed by atoms with Gasteiger partial charge < -0.3 is 15.4 Å². The maximum atomic E-state index is 5.29. The molecule has 2 aromatic carbocycles. The molecule has 2 N–H and O–H groups in total. The van der Waals surface area contributed by atoms with E-state index in [0.717, 1.165) is 28.6 Å². The molecule has 0 aliphatic heterocycles. The predicted octanol–water partition coefficient (Wildman–Crippen LogP) is 4.47. The number of nitrogens with zero attached hydrogens (tertiary/aromatic N) is 2. The molecule has 0 saturated heterocycles. The van der Waals surface area contributed by atoms with E-state index >= 15 is 0 Å². The van der Waals surface area contributed by atoms with E-state index in [1.165, 1.54) is 12.8 Å². The zero-order valence-electron chi connectivity index (χ0n) is 14.1. The van der Waals surface area contributed by atoms with Crippen LogP contribution >= 0.6 is 0 Å². The van der Waals surface area contributed by atoms with Gasteiger partial charge in [0.05, 0.1) is 7.11 Å². The molecule has 1 aliphatic rings. The molecule has 126 valence electrons. The van der Waals surface area contributed by atoms with Crippen LogP contribution in [0.3, 0.4) is 0 Å². The first kappa shape index (κ1) is 15.4. The zero-order valence-corrected chi connectivity index (χ0v) is 14.1. The fourth-order valence-electron chi connectivity index (χ4n) is 2.59. The molecule has 25 heavy (non-hydrogen) atoms. The number of aromatic nitrogens is 2. The van der Waals surface area contributed by atoms with Crippen molar-refractivity contribution in [3.8, 4) is 17.1 Å². The lowest BCUT2D eigenvalue weighted by molar-refractivity contribution is 0.415. The molecule has 0 unspecified atom stereocenters. The Morgan fingerprint density at radius 2 is 1.72 bits per heavy atom. The maximum Gasteiger partial charge on any atom is 0.163 e. The van der Waals surface area contributed by atoms with Crippen LogP contribution in [-0.4, -0.2) is 23.1 Å². The molecular weight excluding hydrogens is 312 g/mol. The highest BCUT2D eigenvalue weighted by Crippen LogP contribution is 2.28. The highest BCUT2D eigenvalue weighted by atomic mass is 16.5. The molecule has 1 heterocycles. The summed E-state index contributed by atoms with van der Waals surface area (Å²) >= 11 is 0. The zero-order chi connectivity index (χ0) is 17.1. The second-order valence-corrected chi connectivity index (χ2v) is 6.10. The first-order chi connectivity index (χ1) is 12.3. The minimum Gasteiger partial charge on any atom is -0.497 e. The number of rotatable bonds is 6. The molecular formula is C20H20N4O. The number of anilines is 3. The molecule has 5 nitrogen and oxygen atoms in total. The SMILES string of the molecule is COc1cccc(Nc2cc(NC3CC3)nc(-c3ccccc3)n2)c1. The van der Waals surface area contributed by atoms with Crippen LogP contribution in [0.5, 0.6) is 5.75 Å². The van der Waals surface area contributed by atoms with Crippen LogP contribution in [-0.2, 0) is 0 Å². The molecule has 0 bridgehead atoms. The second kappa shape index (κ2) is 6.81. The standard InChI is InChI=1S/C20H20N4O/c1-25-17-9-5-8-16(12-17)22-19-13-18(21-15-10-11-15)23-20(24-19)14-6-3-2-4-7-14/h2-9,12-13,15H,10-11H2,1H3,(H2,21,22,23,24). The molecule has 1 aliphatic carbocycles. The largest absolute Gasteiger partial charge is 0.497 e. The van der Waals surface area contributed by atoms with Gasteiger partial charge in [0.1, 0.15) is 17.4 Å². The highest BCUT2D eigenvalue weighted by molar-refractivity contribution is 5.66. The third-order valence-corrected chi connectivity index (χ3v) is 4.03. The van der Waals surface area contributed by atoms with Gasteiger partial charge in [-0.3, -0.25) is 0 Å². The number of benzene rings is 2. The Bertz CT molecular complexity index is 863. The van der Waals surface area contributed by atoms with E-state index in [4.69, 9.17) is 4.74 Å². The topological polar surface area (TPSA) is 59.1 Å². The van der Waals surface area contributed by atoms with E-state index in [0.29, 0.717) is 11.9 Å². The lowest BCUT2D eigenvalue weighted by Gasteiger charge is -2.12. The van der Waals surface area contributed by atoms with Crippen molar-refractivity contribution < 1.29 is 4.74 Å². The van der Waals surface area contributed by atoms with Crippen molar-refractivity contribution in [2.45, 2.75) is 18.9 Å². The van der Waals surface area contributed by atoms with Crippen LogP contribution in [0.1, 0.15) is 12.8 Å². The van der Waals surface area contributed by atoms with Gasteiger partial charge in [0.2, 0.25) is 0 Å². The van der Waals surface area contributed by atoms with Gasteiger partial charge >= 0.3 is 0 Å². The summed E-state index contributed by atoms with van der Waals surface area (Å²) in [4.78, 5) is 9.35. The molecule has 1 aromatic heterocycles. The molecule has 1 saturated carbocycles. The molecule has 0 amide bonds. The number of hydrogen-bond donors (Lipinski definition) is 2. The fraction of sp³-hybridized carbons (Fsp3) is 0.200. The Hall–Kier alpha value is -3.08. The summed E-state index contributed by atoms with van der Waals surface area (Å²) in [5.74, 6) is 3.11. The van der Waals surface area contributed by atoms with Crippen molar-refractivity contribution in [1.29, 1.82) is 0 Å². The van der Waals surface area contributed by atoms with Crippen LogP contribution in [0.25, 0.3) is 11.4 Å². The van der Waals surface area contributed by atoms with Gasteiger partial charge in [-0.05, 0) is 25.0 Å². The summed E-state index contributed by atoms with van der Waals surface area (Å²) in [5, 5.41) is 6.81. The molecule has 0 radical (unpaired) electrons. The Morgan fingerprint density at radius 1 is 0.920 bits per heavy atom. The average Bonchev–Trinajstić information content (AvgIpc) is 3.46. The quantitative estimate of drug-likeness (QED) is 0.697. The van der Waals surface area contributed by atoms with Gasteiger partial charge in [-0.1, -0.05) is 36.4 Å². The van der Waals surface area contributed by atoms with Crippen LogP contribution in [0, 0.1) is 0 Å². The molecule has 4 rings (SSSR count). The lowest BCUT2D eigenvalue weighted by Crippen LogP contribution is -2.06. The number of ether oxygens (including phenoxy) is 1. The maximum absolute atomic E-state index is 5.29. The first-order valence-corrected chi connectivity index (χ1v) is 8.42. The molecule has 0 spiro atoms. The lowest BCUT2D eigenvalue weighted by atomic mass is 10.2. The average molecular weight is 332 g/mol. The third-order valence-electron chi connectivity index (χ3n) is 4.03. The first-order valence-electron chi connectivity index (χ1n) is 8.42. The number of hydrogen-bond acceptors (Lipinski definition) is 5. The number of methoxy groups -OCH3 is 1. The van der Waals surface area contributed by atoms with Crippen LogP contribution in [0.4, 0.5) is 17.3 Å². The van der Waals surface area contributed by atoms with E-state index in [2.05, 4.69) is 20.6 Å². The van der Waals surface area contributed by atoms with Crippen molar-refractivity contribution in [1.82, 2.24) is 9.97 Å². The molecule has 3 aromatic rings. The van der Waals surface area contributed by atoms with E-state index in [9.17, 15) is 0 Å².